The van der Waals surface area contributed by atoms with Crippen molar-refractivity contribution < 1.29 is 9.53 Å². The van der Waals surface area contributed by atoms with E-state index in [-0.39, 0.29) is 18.0 Å². The number of ether oxygens (including phenoxy) is 1. The van der Waals surface area contributed by atoms with E-state index < -0.39 is 0 Å². The molecule has 4 unspecified atom stereocenters. The van der Waals surface area contributed by atoms with Gasteiger partial charge in [-0.05, 0) is 117 Å². The normalized spacial score (nSPS) is 37.4. The van der Waals surface area contributed by atoms with Gasteiger partial charge in [-0.3, -0.25) is 0 Å². The fraction of sp³-hybridized carbons (Fsp3) is 0.629. The summed E-state index contributed by atoms with van der Waals surface area (Å²) in [6.45, 7) is 14.2. The van der Waals surface area contributed by atoms with Crippen LogP contribution in [-0.4, -0.2) is 12.1 Å². The summed E-state index contributed by atoms with van der Waals surface area (Å²) < 4.78 is 5.93. The van der Waals surface area contributed by atoms with Gasteiger partial charge in [0, 0.05) is 0 Å². The highest BCUT2D eigenvalue weighted by Crippen LogP contribution is 2.66. The summed E-state index contributed by atoms with van der Waals surface area (Å²) in [6.07, 6.45) is 17.6. The van der Waals surface area contributed by atoms with E-state index in [1.165, 1.54) is 56.9 Å². The minimum absolute atomic E-state index is 0.223. The van der Waals surface area contributed by atoms with Gasteiger partial charge in [0.15, 0.2) is 0 Å². The van der Waals surface area contributed by atoms with Crippen LogP contribution in [0.15, 0.2) is 65.3 Å². The molecule has 3 saturated carbocycles. The molecule has 0 aromatic heterocycles. The summed E-state index contributed by atoms with van der Waals surface area (Å²) in [6, 6.07) is 9.34. The molecule has 200 valence electrons. The summed E-state index contributed by atoms with van der Waals surface area (Å²) in [4.78, 5) is 12.7. The zero-order chi connectivity index (χ0) is 26.4. The van der Waals surface area contributed by atoms with Gasteiger partial charge in [-0.15, -0.1) is 0 Å². The topological polar surface area (TPSA) is 26.3 Å². The first kappa shape index (κ1) is 26.5. The molecular formula is C35H48O2. The Morgan fingerprint density at radius 1 is 1.03 bits per heavy atom. The number of esters is 1. The Morgan fingerprint density at radius 2 is 1.73 bits per heavy atom. The molecule has 1 aromatic carbocycles. The summed E-state index contributed by atoms with van der Waals surface area (Å²) >= 11 is 0. The summed E-state index contributed by atoms with van der Waals surface area (Å²) in [7, 11) is 0. The van der Waals surface area contributed by atoms with E-state index >= 15 is 0 Å². The molecule has 7 atom stereocenters. The van der Waals surface area contributed by atoms with Gasteiger partial charge in [0.1, 0.15) is 6.10 Å². The number of allylic oxidation sites excluding steroid dienone is 5. The van der Waals surface area contributed by atoms with Gasteiger partial charge in [0.2, 0.25) is 0 Å². The first-order chi connectivity index (χ1) is 17.6. The highest BCUT2D eigenvalue weighted by atomic mass is 16.5. The molecule has 1 aromatic rings. The molecule has 0 spiro atoms. The van der Waals surface area contributed by atoms with Crippen molar-refractivity contribution in [3.05, 3.63) is 70.8 Å². The molecule has 2 nitrogen and oxygen atoms in total. The number of carbonyl (C=O) groups excluding carboxylic acids is 1. The van der Waals surface area contributed by atoms with E-state index in [1.54, 1.807) is 11.1 Å². The number of rotatable bonds is 5. The van der Waals surface area contributed by atoms with Crippen molar-refractivity contribution >= 4 is 5.97 Å². The molecular weight excluding hydrogens is 452 g/mol. The average molecular weight is 501 g/mol. The third-order valence-corrected chi connectivity index (χ3v) is 11.1. The predicted octanol–water partition coefficient (Wildman–Crippen LogP) is 9.34. The van der Waals surface area contributed by atoms with Crippen LogP contribution in [0.1, 0.15) is 103 Å². The van der Waals surface area contributed by atoms with Crippen molar-refractivity contribution in [2.45, 2.75) is 99.0 Å². The molecule has 0 N–H and O–H groups in total. The first-order valence-corrected chi connectivity index (χ1v) is 15.0. The van der Waals surface area contributed by atoms with Crippen LogP contribution in [0.3, 0.4) is 0 Å². The number of hydrogen-bond acceptors (Lipinski definition) is 2. The largest absolute Gasteiger partial charge is 0.454 e. The van der Waals surface area contributed by atoms with Crippen molar-refractivity contribution in [2.24, 2.45) is 40.4 Å². The number of carbonyl (C=O) groups is 1. The van der Waals surface area contributed by atoms with Crippen LogP contribution in [0.2, 0.25) is 0 Å². The van der Waals surface area contributed by atoms with Gasteiger partial charge in [0.25, 0.3) is 0 Å². The highest BCUT2D eigenvalue weighted by Gasteiger charge is 2.57. The maximum atomic E-state index is 12.7. The van der Waals surface area contributed by atoms with Crippen LogP contribution in [0.4, 0.5) is 0 Å². The van der Waals surface area contributed by atoms with Gasteiger partial charge in [-0.25, -0.2) is 4.79 Å². The van der Waals surface area contributed by atoms with E-state index in [0.29, 0.717) is 16.4 Å². The van der Waals surface area contributed by atoms with Gasteiger partial charge in [0.05, 0.1) is 5.56 Å². The zero-order valence-corrected chi connectivity index (χ0v) is 24.1. The molecule has 3 fully saturated rings. The molecule has 2 heteroatoms. The number of fused-ring (bicyclic) bond motifs is 5. The number of benzene rings is 1. The van der Waals surface area contributed by atoms with Gasteiger partial charge >= 0.3 is 5.97 Å². The van der Waals surface area contributed by atoms with Crippen LogP contribution in [0.25, 0.3) is 0 Å². The van der Waals surface area contributed by atoms with Crippen molar-refractivity contribution in [3.63, 3.8) is 0 Å². The molecule has 4 aliphatic rings. The van der Waals surface area contributed by atoms with Crippen LogP contribution in [0.5, 0.6) is 0 Å². The van der Waals surface area contributed by atoms with E-state index in [4.69, 9.17) is 4.74 Å². The maximum Gasteiger partial charge on any atom is 0.338 e. The van der Waals surface area contributed by atoms with E-state index in [2.05, 4.69) is 59.8 Å². The second kappa shape index (κ2) is 10.2. The lowest BCUT2D eigenvalue weighted by atomic mass is 9.47. The van der Waals surface area contributed by atoms with Crippen LogP contribution < -0.4 is 0 Å². The quantitative estimate of drug-likeness (QED) is 0.297. The van der Waals surface area contributed by atoms with Crippen molar-refractivity contribution in [1.82, 2.24) is 0 Å². The Balaban J connectivity index is 1.34. The second-order valence-electron chi connectivity index (χ2n) is 13.6. The molecule has 0 heterocycles. The lowest BCUT2D eigenvalue weighted by Gasteiger charge is -2.57. The monoisotopic (exact) mass is 500 g/mol. The Bertz CT molecular complexity index is 1090. The first-order valence-electron chi connectivity index (χ1n) is 15.0. The van der Waals surface area contributed by atoms with E-state index in [1.807, 2.05) is 30.3 Å². The lowest BCUT2D eigenvalue weighted by molar-refractivity contribution is -0.0175. The summed E-state index contributed by atoms with van der Waals surface area (Å²) in [5.41, 5.74) is 6.24. The van der Waals surface area contributed by atoms with Gasteiger partial charge in [-0.1, -0.05) is 81.7 Å². The molecule has 4 aliphatic carbocycles. The predicted molar refractivity (Wildman–Crippen MR) is 153 cm³/mol. The fourth-order valence-corrected chi connectivity index (χ4v) is 8.81. The van der Waals surface area contributed by atoms with Crippen LogP contribution in [-0.2, 0) is 4.74 Å². The Labute approximate surface area is 225 Å². The van der Waals surface area contributed by atoms with Crippen molar-refractivity contribution in [2.75, 3.05) is 0 Å². The third-order valence-electron chi connectivity index (χ3n) is 11.1. The lowest BCUT2D eigenvalue weighted by Crippen LogP contribution is -2.49. The fourth-order valence-electron chi connectivity index (χ4n) is 8.81. The molecule has 0 saturated heterocycles. The molecule has 0 amide bonds. The maximum absolute atomic E-state index is 12.7. The van der Waals surface area contributed by atoms with Crippen molar-refractivity contribution in [3.8, 4) is 0 Å². The number of hydrogen-bond donors (Lipinski definition) is 0. The van der Waals surface area contributed by atoms with E-state index in [0.717, 1.165) is 23.7 Å². The highest BCUT2D eigenvalue weighted by molar-refractivity contribution is 5.89. The molecule has 5 rings (SSSR count). The van der Waals surface area contributed by atoms with Crippen LogP contribution >= 0.6 is 0 Å². The molecule has 0 bridgehead atoms. The van der Waals surface area contributed by atoms with Crippen LogP contribution in [0, 0.1) is 40.4 Å². The zero-order valence-electron chi connectivity index (χ0n) is 24.1. The van der Waals surface area contributed by atoms with Crippen molar-refractivity contribution in [1.29, 1.82) is 0 Å². The molecule has 0 radical (unpaired) electrons. The average Bonchev–Trinajstić information content (AvgIpc) is 3.24. The Kier molecular flexibility index (Phi) is 7.33. The van der Waals surface area contributed by atoms with Gasteiger partial charge < -0.3 is 4.74 Å². The third kappa shape index (κ3) is 4.79. The Hall–Kier alpha value is -2.09. The smallest absolute Gasteiger partial charge is 0.338 e. The standard InChI is InChI=1S/C35H48O2/c1-23(2)32(37-33(36)26-10-8-7-9-11-26)17-12-25(4)29-15-16-30-28-14-13-27-22-24(3)18-20-34(27,5)31(28)19-21-35(29,30)6/h7-13,17,23-24,28,30-32H,14-16,18-22H2,1-6H3/b17-12+,29-25+/t24-,28?,30?,31?,32?,34-,35+/m0/s1. The SMILES string of the molecule is CC(/C=C/C(OC(=O)c1ccccc1)C(C)C)=C1/CCC2C3CC=C4C[C@@H](C)CC[C@]4(C)C3CC[C@]12C. The van der Waals surface area contributed by atoms with E-state index in [9.17, 15) is 4.79 Å². The molecule has 37 heavy (non-hydrogen) atoms. The van der Waals surface area contributed by atoms with Gasteiger partial charge in [-0.2, -0.15) is 0 Å². The molecule has 0 aliphatic heterocycles. The minimum atomic E-state index is -0.240. The second-order valence-corrected chi connectivity index (χ2v) is 13.6. The minimum Gasteiger partial charge on any atom is -0.454 e. The Morgan fingerprint density at radius 3 is 2.46 bits per heavy atom. The summed E-state index contributed by atoms with van der Waals surface area (Å²) in [5.74, 6) is 3.36. The summed E-state index contributed by atoms with van der Waals surface area (Å²) in [5, 5.41) is 0.